The molecule has 0 spiro atoms. The summed E-state index contributed by atoms with van der Waals surface area (Å²) in [6.45, 7) is 3.74. The number of benzene rings is 1. The molecule has 0 radical (unpaired) electrons. The number of phenols is 1. The van der Waals surface area contributed by atoms with Crippen LogP contribution in [0.2, 0.25) is 0 Å². The standard InChI is InChI=1S/C20H19N5O2S/c1-10-3-4-14(26)11(2)16(10)13-9-25-8-12(7-15-23-5-6-28-15)24-20(25)17(18(13)21)19(22)27/h3-6,8-9,26H,7,21H2,1-2H3,(H2,22,27). The van der Waals surface area contributed by atoms with Crippen LogP contribution in [0.15, 0.2) is 36.1 Å². The van der Waals surface area contributed by atoms with E-state index in [0.717, 1.165) is 21.8 Å². The van der Waals surface area contributed by atoms with Gasteiger partial charge in [0.15, 0.2) is 5.65 Å². The van der Waals surface area contributed by atoms with E-state index in [2.05, 4.69) is 9.97 Å². The van der Waals surface area contributed by atoms with Crippen LogP contribution in [-0.4, -0.2) is 25.4 Å². The summed E-state index contributed by atoms with van der Waals surface area (Å²) in [5.74, 6) is -0.484. The second kappa shape index (κ2) is 6.65. The molecule has 0 aliphatic heterocycles. The lowest BCUT2D eigenvalue weighted by Crippen LogP contribution is -2.16. The predicted octanol–water partition coefficient (Wildman–Crippen LogP) is 3.05. The number of hydrogen-bond acceptors (Lipinski definition) is 6. The molecule has 3 heterocycles. The van der Waals surface area contributed by atoms with Crippen molar-refractivity contribution in [3.8, 4) is 16.9 Å². The summed E-state index contributed by atoms with van der Waals surface area (Å²) in [7, 11) is 0. The van der Waals surface area contributed by atoms with Crippen molar-refractivity contribution in [2.24, 2.45) is 5.73 Å². The normalized spacial score (nSPS) is 11.2. The molecule has 5 N–H and O–H groups in total. The number of nitrogens with two attached hydrogens (primary N) is 2. The first kappa shape index (κ1) is 18.0. The van der Waals surface area contributed by atoms with Gasteiger partial charge in [-0.15, -0.1) is 11.3 Å². The van der Waals surface area contributed by atoms with Crippen LogP contribution >= 0.6 is 11.3 Å². The van der Waals surface area contributed by atoms with Crippen molar-refractivity contribution in [3.05, 3.63) is 63.5 Å². The fourth-order valence-corrected chi connectivity index (χ4v) is 4.10. The summed E-state index contributed by atoms with van der Waals surface area (Å²) < 4.78 is 1.76. The maximum atomic E-state index is 12.2. The highest BCUT2D eigenvalue weighted by Gasteiger charge is 2.22. The van der Waals surface area contributed by atoms with E-state index in [4.69, 9.17) is 11.5 Å². The molecule has 4 aromatic rings. The number of nitrogen functional groups attached to an aromatic ring is 1. The minimum atomic E-state index is -0.647. The molecule has 4 rings (SSSR count). The Morgan fingerprint density at radius 1 is 1.29 bits per heavy atom. The Hall–Kier alpha value is -3.39. The highest BCUT2D eigenvalue weighted by atomic mass is 32.1. The van der Waals surface area contributed by atoms with Gasteiger partial charge in [0.05, 0.1) is 16.4 Å². The fourth-order valence-electron chi connectivity index (χ4n) is 3.46. The monoisotopic (exact) mass is 393 g/mol. The third-order valence-corrected chi connectivity index (χ3v) is 5.59. The predicted molar refractivity (Wildman–Crippen MR) is 110 cm³/mol. The Kier molecular flexibility index (Phi) is 4.27. The first-order valence-corrected chi connectivity index (χ1v) is 9.52. The van der Waals surface area contributed by atoms with Gasteiger partial charge in [0.25, 0.3) is 5.91 Å². The van der Waals surface area contributed by atoms with Crippen LogP contribution in [0.25, 0.3) is 16.8 Å². The maximum Gasteiger partial charge on any atom is 0.254 e. The van der Waals surface area contributed by atoms with E-state index in [9.17, 15) is 9.90 Å². The molecule has 0 atom stereocenters. The van der Waals surface area contributed by atoms with Crippen molar-refractivity contribution in [1.29, 1.82) is 0 Å². The number of rotatable bonds is 4. The number of pyridine rings is 1. The molecular weight excluding hydrogens is 374 g/mol. The molecule has 0 saturated carbocycles. The van der Waals surface area contributed by atoms with Crippen LogP contribution in [0, 0.1) is 13.8 Å². The van der Waals surface area contributed by atoms with Gasteiger partial charge in [0.2, 0.25) is 0 Å². The molecule has 0 unspecified atom stereocenters. The molecular formula is C20H19N5O2S. The number of hydrogen-bond donors (Lipinski definition) is 3. The van der Waals surface area contributed by atoms with Gasteiger partial charge in [0.1, 0.15) is 11.3 Å². The van der Waals surface area contributed by atoms with Gasteiger partial charge in [-0.2, -0.15) is 0 Å². The van der Waals surface area contributed by atoms with E-state index in [0.29, 0.717) is 23.2 Å². The Balaban J connectivity index is 1.97. The highest BCUT2D eigenvalue weighted by molar-refractivity contribution is 7.09. The summed E-state index contributed by atoms with van der Waals surface area (Å²) in [4.78, 5) is 21.1. The van der Waals surface area contributed by atoms with E-state index in [1.165, 1.54) is 0 Å². The quantitative estimate of drug-likeness (QED) is 0.492. The number of nitrogens with zero attached hydrogens (tertiary/aromatic N) is 3. The first-order valence-electron chi connectivity index (χ1n) is 8.64. The lowest BCUT2D eigenvalue weighted by atomic mass is 9.93. The van der Waals surface area contributed by atoms with Crippen molar-refractivity contribution >= 4 is 28.6 Å². The van der Waals surface area contributed by atoms with Crippen LogP contribution < -0.4 is 11.5 Å². The van der Waals surface area contributed by atoms with Crippen LogP contribution in [0.4, 0.5) is 5.69 Å². The van der Waals surface area contributed by atoms with Gasteiger partial charge in [-0.3, -0.25) is 4.79 Å². The van der Waals surface area contributed by atoms with E-state index >= 15 is 0 Å². The van der Waals surface area contributed by atoms with Gasteiger partial charge in [-0.25, -0.2) is 9.97 Å². The second-order valence-corrected chi connectivity index (χ2v) is 7.64. The number of aromatic nitrogens is 3. The molecule has 7 nitrogen and oxygen atoms in total. The van der Waals surface area contributed by atoms with Crippen LogP contribution in [-0.2, 0) is 6.42 Å². The molecule has 0 aliphatic rings. The van der Waals surface area contributed by atoms with Crippen molar-refractivity contribution in [3.63, 3.8) is 0 Å². The largest absolute Gasteiger partial charge is 0.508 e. The fraction of sp³-hybridized carbons (Fsp3) is 0.150. The van der Waals surface area contributed by atoms with Crippen LogP contribution in [0.3, 0.4) is 0 Å². The summed E-state index contributed by atoms with van der Waals surface area (Å²) in [5.41, 5.74) is 16.6. The van der Waals surface area contributed by atoms with E-state index in [-0.39, 0.29) is 17.0 Å². The molecule has 0 bridgehead atoms. The molecule has 3 aromatic heterocycles. The van der Waals surface area contributed by atoms with Crippen molar-refractivity contribution in [2.45, 2.75) is 20.3 Å². The maximum absolute atomic E-state index is 12.2. The summed E-state index contributed by atoms with van der Waals surface area (Å²) in [5, 5.41) is 13.0. The highest BCUT2D eigenvalue weighted by Crippen LogP contribution is 2.38. The third-order valence-electron chi connectivity index (χ3n) is 4.81. The SMILES string of the molecule is Cc1ccc(O)c(C)c1-c1cn2cc(Cc3nccs3)nc2c(C(N)=O)c1N. The minimum absolute atomic E-state index is 0.163. The van der Waals surface area contributed by atoms with E-state index in [1.54, 1.807) is 28.0 Å². The van der Waals surface area contributed by atoms with Crippen molar-refractivity contribution in [1.82, 2.24) is 14.4 Å². The Morgan fingerprint density at radius 3 is 2.75 bits per heavy atom. The lowest BCUT2D eigenvalue weighted by Gasteiger charge is -2.16. The number of aryl methyl sites for hydroxylation is 1. The summed E-state index contributed by atoms with van der Waals surface area (Å²) in [6.07, 6.45) is 5.97. The molecule has 28 heavy (non-hydrogen) atoms. The van der Waals surface area contributed by atoms with Gasteiger partial charge >= 0.3 is 0 Å². The third kappa shape index (κ3) is 2.87. The number of fused-ring (bicyclic) bond motifs is 1. The molecule has 142 valence electrons. The number of carbonyl (C=O) groups excluding carboxylic acids is 1. The number of anilines is 1. The molecule has 8 heteroatoms. The van der Waals surface area contributed by atoms with Crippen molar-refractivity contribution < 1.29 is 9.90 Å². The molecule has 1 amide bonds. The zero-order chi connectivity index (χ0) is 20.0. The summed E-state index contributed by atoms with van der Waals surface area (Å²) in [6, 6.07) is 3.45. The molecule has 0 aliphatic carbocycles. The molecule has 0 fully saturated rings. The van der Waals surface area contributed by atoms with Crippen LogP contribution in [0.5, 0.6) is 5.75 Å². The van der Waals surface area contributed by atoms with Crippen LogP contribution in [0.1, 0.15) is 32.2 Å². The topological polar surface area (TPSA) is 120 Å². The molecule has 1 aromatic carbocycles. The molecule has 0 saturated heterocycles. The smallest absolute Gasteiger partial charge is 0.254 e. The zero-order valence-electron chi connectivity index (χ0n) is 15.4. The Morgan fingerprint density at radius 2 is 2.07 bits per heavy atom. The number of thiazole rings is 1. The van der Waals surface area contributed by atoms with E-state index < -0.39 is 5.91 Å². The average Bonchev–Trinajstić information content (AvgIpc) is 3.28. The number of imidazole rings is 1. The number of primary amides is 1. The zero-order valence-corrected chi connectivity index (χ0v) is 16.2. The second-order valence-electron chi connectivity index (χ2n) is 6.66. The lowest BCUT2D eigenvalue weighted by molar-refractivity contribution is 0.100. The number of carbonyl (C=O) groups is 1. The van der Waals surface area contributed by atoms with Gasteiger partial charge < -0.3 is 21.0 Å². The van der Waals surface area contributed by atoms with E-state index in [1.807, 2.05) is 37.7 Å². The Bertz CT molecular complexity index is 1210. The van der Waals surface area contributed by atoms with Gasteiger partial charge in [-0.1, -0.05) is 6.07 Å². The Labute approximate surface area is 165 Å². The van der Waals surface area contributed by atoms with Gasteiger partial charge in [0, 0.05) is 36.0 Å². The minimum Gasteiger partial charge on any atom is -0.508 e. The first-order chi connectivity index (χ1) is 13.4. The average molecular weight is 393 g/mol. The summed E-state index contributed by atoms with van der Waals surface area (Å²) >= 11 is 1.54. The number of amides is 1. The van der Waals surface area contributed by atoms with Gasteiger partial charge in [-0.05, 0) is 36.6 Å². The number of phenolic OH excluding ortho intramolecular Hbond substituents is 1. The number of aromatic hydroxyl groups is 1. The van der Waals surface area contributed by atoms with Crippen molar-refractivity contribution in [2.75, 3.05) is 5.73 Å².